The van der Waals surface area contributed by atoms with Crippen LogP contribution in [-0.2, 0) is 0 Å². The Kier molecular flexibility index (Phi) is 3.65. The van der Waals surface area contributed by atoms with Crippen LogP contribution >= 0.6 is 0 Å². The van der Waals surface area contributed by atoms with Crippen LogP contribution in [0.5, 0.6) is 0 Å². The first-order chi connectivity index (χ1) is 9.09. The molecular formula is C16H31N3. The van der Waals surface area contributed by atoms with Gasteiger partial charge in [-0.15, -0.1) is 0 Å². The maximum atomic E-state index is 6.27. The number of likely N-dealkylation sites (tertiary alicyclic amines) is 2. The fraction of sp³-hybridized carbons (Fsp3) is 1.00. The van der Waals surface area contributed by atoms with Crippen LogP contribution in [0.3, 0.4) is 0 Å². The van der Waals surface area contributed by atoms with Crippen molar-refractivity contribution in [3.63, 3.8) is 0 Å². The van der Waals surface area contributed by atoms with Gasteiger partial charge in [0.1, 0.15) is 0 Å². The SMILES string of the molecule is CC1(C)CCCC1(CN)N1CCC(N2CCCC2)C1. The molecule has 0 bridgehead atoms. The molecule has 3 aliphatic rings. The van der Waals surface area contributed by atoms with Crippen molar-refractivity contribution in [2.24, 2.45) is 11.1 Å². The molecule has 0 aromatic rings. The first-order valence-corrected chi connectivity index (χ1v) is 8.28. The van der Waals surface area contributed by atoms with Crippen molar-refractivity contribution in [2.45, 2.75) is 64.0 Å². The van der Waals surface area contributed by atoms with Crippen LogP contribution in [0.1, 0.15) is 52.4 Å². The summed E-state index contributed by atoms with van der Waals surface area (Å²) in [4.78, 5) is 5.50. The summed E-state index contributed by atoms with van der Waals surface area (Å²) < 4.78 is 0. The Balaban J connectivity index is 1.72. The number of hydrogen-bond acceptors (Lipinski definition) is 3. The molecule has 2 aliphatic heterocycles. The predicted molar refractivity (Wildman–Crippen MR) is 80.2 cm³/mol. The highest BCUT2D eigenvalue weighted by Gasteiger charge is 2.53. The average Bonchev–Trinajstić information content (AvgIpc) is 3.05. The predicted octanol–water partition coefficient (Wildman–Crippen LogP) is 2.06. The molecule has 0 aromatic carbocycles. The van der Waals surface area contributed by atoms with Gasteiger partial charge in [-0.1, -0.05) is 20.3 Å². The molecule has 0 spiro atoms. The fourth-order valence-electron chi connectivity index (χ4n) is 5.02. The van der Waals surface area contributed by atoms with Gasteiger partial charge in [-0.2, -0.15) is 0 Å². The normalized spacial score (nSPS) is 40.3. The zero-order valence-electron chi connectivity index (χ0n) is 12.8. The van der Waals surface area contributed by atoms with Gasteiger partial charge in [0, 0.05) is 31.2 Å². The Morgan fingerprint density at radius 1 is 1.05 bits per heavy atom. The Labute approximate surface area is 118 Å². The van der Waals surface area contributed by atoms with E-state index in [0.717, 1.165) is 12.6 Å². The molecule has 3 heteroatoms. The lowest BCUT2D eigenvalue weighted by molar-refractivity contribution is 0.0262. The van der Waals surface area contributed by atoms with Crippen LogP contribution in [0.25, 0.3) is 0 Å². The largest absolute Gasteiger partial charge is 0.329 e. The topological polar surface area (TPSA) is 32.5 Å². The van der Waals surface area contributed by atoms with E-state index in [0.29, 0.717) is 5.41 Å². The molecule has 0 radical (unpaired) electrons. The highest BCUT2D eigenvalue weighted by Crippen LogP contribution is 2.50. The van der Waals surface area contributed by atoms with Crippen molar-refractivity contribution in [2.75, 3.05) is 32.7 Å². The van der Waals surface area contributed by atoms with Gasteiger partial charge in [-0.05, 0) is 50.6 Å². The maximum absolute atomic E-state index is 6.27. The molecule has 110 valence electrons. The van der Waals surface area contributed by atoms with E-state index in [2.05, 4.69) is 23.6 Å². The molecule has 0 amide bonds. The second kappa shape index (κ2) is 5.01. The molecule has 1 saturated carbocycles. The van der Waals surface area contributed by atoms with Crippen molar-refractivity contribution >= 4 is 0 Å². The van der Waals surface area contributed by atoms with Gasteiger partial charge in [-0.25, -0.2) is 0 Å². The van der Waals surface area contributed by atoms with Gasteiger partial charge >= 0.3 is 0 Å². The molecular weight excluding hydrogens is 234 g/mol. The van der Waals surface area contributed by atoms with Crippen LogP contribution in [0.2, 0.25) is 0 Å². The summed E-state index contributed by atoms with van der Waals surface area (Å²) in [5.74, 6) is 0. The average molecular weight is 265 g/mol. The summed E-state index contributed by atoms with van der Waals surface area (Å²) in [5.41, 5.74) is 6.94. The van der Waals surface area contributed by atoms with Crippen LogP contribution in [0, 0.1) is 5.41 Å². The zero-order valence-corrected chi connectivity index (χ0v) is 12.8. The Morgan fingerprint density at radius 3 is 2.37 bits per heavy atom. The van der Waals surface area contributed by atoms with Gasteiger partial charge < -0.3 is 5.73 Å². The van der Waals surface area contributed by atoms with Crippen molar-refractivity contribution in [3.05, 3.63) is 0 Å². The lowest BCUT2D eigenvalue weighted by Crippen LogP contribution is -2.59. The third-order valence-corrected chi connectivity index (χ3v) is 6.42. The van der Waals surface area contributed by atoms with Crippen molar-refractivity contribution in [1.29, 1.82) is 0 Å². The van der Waals surface area contributed by atoms with Gasteiger partial charge in [0.25, 0.3) is 0 Å². The minimum atomic E-state index is 0.279. The van der Waals surface area contributed by atoms with E-state index in [9.17, 15) is 0 Å². The van der Waals surface area contributed by atoms with Gasteiger partial charge in [0.15, 0.2) is 0 Å². The molecule has 1 aliphatic carbocycles. The van der Waals surface area contributed by atoms with Crippen LogP contribution in [0.15, 0.2) is 0 Å². The standard InChI is InChI=1S/C16H31N3/c1-15(2)7-5-8-16(15,13-17)19-11-6-14(12-19)18-9-3-4-10-18/h14H,3-13,17H2,1-2H3. The summed E-state index contributed by atoms with van der Waals surface area (Å²) >= 11 is 0. The Bertz CT molecular complexity index is 322. The zero-order chi connectivity index (χ0) is 13.5. The molecule has 19 heavy (non-hydrogen) atoms. The van der Waals surface area contributed by atoms with Gasteiger partial charge in [0.2, 0.25) is 0 Å². The first-order valence-electron chi connectivity index (χ1n) is 8.28. The minimum Gasteiger partial charge on any atom is -0.329 e. The smallest absolute Gasteiger partial charge is 0.0383 e. The molecule has 3 fully saturated rings. The van der Waals surface area contributed by atoms with Gasteiger partial charge in [0.05, 0.1) is 0 Å². The second-order valence-corrected chi connectivity index (χ2v) is 7.60. The van der Waals surface area contributed by atoms with E-state index < -0.39 is 0 Å². The number of nitrogens with zero attached hydrogens (tertiary/aromatic N) is 2. The van der Waals surface area contributed by atoms with Crippen LogP contribution in [0.4, 0.5) is 0 Å². The summed E-state index contributed by atoms with van der Waals surface area (Å²) in [6.45, 7) is 10.9. The third-order valence-electron chi connectivity index (χ3n) is 6.42. The maximum Gasteiger partial charge on any atom is 0.0383 e. The third kappa shape index (κ3) is 2.14. The molecule has 3 nitrogen and oxygen atoms in total. The van der Waals surface area contributed by atoms with E-state index in [1.807, 2.05) is 0 Å². The van der Waals surface area contributed by atoms with Gasteiger partial charge in [-0.3, -0.25) is 9.80 Å². The number of hydrogen-bond donors (Lipinski definition) is 1. The monoisotopic (exact) mass is 265 g/mol. The van der Waals surface area contributed by atoms with E-state index in [1.54, 1.807) is 0 Å². The second-order valence-electron chi connectivity index (χ2n) is 7.60. The summed E-state index contributed by atoms with van der Waals surface area (Å²) in [6, 6.07) is 0.808. The summed E-state index contributed by atoms with van der Waals surface area (Å²) in [5, 5.41) is 0. The highest BCUT2D eigenvalue weighted by molar-refractivity contribution is 5.09. The first kappa shape index (κ1) is 13.8. The molecule has 2 atom stereocenters. The minimum absolute atomic E-state index is 0.279. The lowest BCUT2D eigenvalue weighted by atomic mass is 9.73. The van der Waals surface area contributed by atoms with E-state index in [4.69, 9.17) is 5.73 Å². The lowest BCUT2D eigenvalue weighted by Gasteiger charge is -2.48. The van der Waals surface area contributed by atoms with Crippen molar-refractivity contribution in [3.8, 4) is 0 Å². The van der Waals surface area contributed by atoms with E-state index in [-0.39, 0.29) is 5.54 Å². The van der Waals surface area contributed by atoms with Crippen molar-refractivity contribution in [1.82, 2.24) is 9.80 Å². The Hall–Kier alpha value is -0.120. The van der Waals surface area contributed by atoms with Crippen LogP contribution in [-0.4, -0.2) is 54.1 Å². The molecule has 0 aromatic heterocycles. The van der Waals surface area contributed by atoms with Crippen LogP contribution < -0.4 is 5.73 Å². The molecule has 2 unspecified atom stereocenters. The highest BCUT2D eigenvalue weighted by atomic mass is 15.3. The number of nitrogens with two attached hydrogens (primary N) is 1. The quantitative estimate of drug-likeness (QED) is 0.848. The molecule has 2 N–H and O–H groups in total. The van der Waals surface area contributed by atoms with E-state index in [1.165, 1.54) is 64.7 Å². The summed E-state index contributed by atoms with van der Waals surface area (Å²) in [7, 11) is 0. The van der Waals surface area contributed by atoms with Crippen molar-refractivity contribution < 1.29 is 0 Å². The fourth-order valence-corrected chi connectivity index (χ4v) is 5.02. The molecule has 3 rings (SSSR count). The molecule has 2 saturated heterocycles. The summed E-state index contributed by atoms with van der Waals surface area (Å²) in [6.07, 6.45) is 8.18. The Morgan fingerprint density at radius 2 is 1.79 bits per heavy atom. The molecule has 2 heterocycles. The van der Waals surface area contributed by atoms with E-state index >= 15 is 0 Å². The number of rotatable bonds is 3.